The molecule has 3 fully saturated rings. The first-order valence-corrected chi connectivity index (χ1v) is 13.4. The van der Waals surface area contributed by atoms with Crippen molar-refractivity contribution < 1.29 is 8.78 Å². The second-order valence-corrected chi connectivity index (χ2v) is 11.6. The number of nitriles is 1. The van der Waals surface area contributed by atoms with Gasteiger partial charge in [-0.15, -0.1) is 5.10 Å². The number of aromatic nitrogens is 1. The molecule has 1 aromatic heterocycles. The first-order chi connectivity index (χ1) is 18.3. The summed E-state index contributed by atoms with van der Waals surface area (Å²) in [7, 11) is 0. The summed E-state index contributed by atoms with van der Waals surface area (Å²) in [6.07, 6.45) is 3.23. The highest BCUT2D eigenvalue weighted by Gasteiger charge is 2.55. The molecule has 3 heterocycles. The van der Waals surface area contributed by atoms with Crippen LogP contribution in [-0.2, 0) is 6.54 Å². The molecular weight excluding hydrogens is 484 g/mol. The fourth-order valence-corrected chi connectivity index (χ4v) is 6.53. The minimum Gasteiger partial charge on any atom is -0.355 e. The number of hydrogen-bond acceptors (Lipinski definition) is 6. The minimum atomic E-state index is -2.64. The fraction of sp³-hybridized carbons (Fsp3) is 0.517. The van der Waals surface area contributed by atoms with Crippen molar-refractivity contribution in [2.75, 3.05) is 42.5 Å². The number of alkyl halides is 2. The van der Waals surface area contributed by atoms with Crippen LogP contribution >= 0.6 is 0 Å². The lowest BCUT2D eigenvalue weighted by Gasteiger charge is -2.60. The standard InChI is InChI=1S/C29H33F2N7/c1-20-6-9-25-21(12-20)16-36(19-29(30,31)23-7-8-23)10-11-38(25)27(35-33-2)22-13-28(14-22)17-37(18-28)26-5-3-4-24(15-32)34-26/h3-6,9,12,22-23H,2,7-8,10-11,13-14,16-19H2,1H3/b35-27-. The van der Waals surface area contributed by atoms with Gasteiger partial charge in [0.2, 0.25) is 0 Å². The van der Waals surface area contributed by atoms with Gasteiger partial charge in [-0.2, -0.15) is 10.4 Å². The van der Waals surface area contributed by atoms with E-state index in [0.29, 0.717) is 38.2 Å². The molecule has 0 amide bonds. The van der Waals surface area contributed by atoms with Gasteiger partial charge in [0.05, 0.1) is 6.54 Å². The molecule has 1 spiro atoms. The van der Waals surface area contributed by atoms with Crippen LogP contribution in [0.5, 0.6) is 0 Å². The van der Waals surface area contributed by atoms with E-state index in [-0.39, 0.29) is 17.9 Å². The van der Waals surface area contributed by atoms with Gasteiger partial charge in [-0.3, -0.25) is 4.90 Å². The van der Waals surface area contributed by atoms with E-state index in [2.05, 4.69) is 56.0 Å². The van der Waals surface area contributed by atoms with Crippen molar-refractivity contribution >= 4 is 24.1 Å². The zero-order valence-corrected chi connectivity index (χ0v) is 21.8. The van der Waals surface area contributed by atoms with Crippen molar-refractivity contribution in [1.29, 1.82) is 5.26 Å². The van der Waals surface area contributed by atoms with Crippen LogP contribution in [0.4, 0.5) is 20.3 Å². The molecule has 0 N–H and O–H groups in total. The molecule has 2 saturated carbocycles. The predicted octanol–water partition coefficient (Wildman–Crippen LogP) is 4.86. The normalized spacial score (nSPS) is 21.8. The molecule has 0 bridgehead atoms. The van der Waals surface area contributed by atoms with Gasteiger partial charge in [-0.1, -0.05) is 23.8 Å². The second kappa shape index (κ2) is 9.42. The fourth-order valence-electron chi connectivity index (χ4n) is 6.53. The van der Waals surface area contributed by atoms with Crippen molar-refractivity contribution in [3.05, 3.63) is 53.2 Å². The van der Waals surface area contributed by atoms with Gasteiger partial charge >= 0.3 is 0 Å². The summed E-state index contributed by atoms with van der Waals surface area (Å²) >= 11 is 0. The topological polar surface area (TPSA) is 71.1 Å². The summed E-state index contributed by atoms with van der Waals surface area (Å²) in [4.78, 5) is 10.8. The maximum Gasteiger partial charge on any atom is 0.263 e. The maximum absolute atomic E-state index is 14.8. The molecule has 4 aliphatic rings. The number of amidine groups is 1. The number of benzene rings is 1. The summed E-state index contributed by atoms with van der Waals surface area (Å²) in [6.45, 7) is 8.92. The average Bonchev–Trinajstić information content (AvgIpc) is 3.70. The molecular formula is C29H33F2N7. The number of fused-ring (bicyclic) bond motifs is 1. The van der Waals surface area contributed by atoms with Crippen LogP contribution in [0.1, 0.15) is 42.5 Å². The lowest BCUT2D eigenvalue weighted by atomic mass is 9.57. The molecule has 2 aromatic rings. The van der Waals surface area contributed by atoms with Gasteiger partial charge in [-0.05, 0) is 56.4 Å². The van der Waals surface area contributed by atoms with Gasteiger partial charge in [0, 0.05) is 62.4 Å². The first kappa shape index (κ1) is 24.9. The smallest absolute Gasteiger partial charge is 0.263 e. The van der Waals surface area contributed by atoms with Gasteiger partial charge < -0.3 is 9.80 Å². The summed E-state index contributed by atoms with van der Waals surface area (Å²) in [5.74, 6) is -1.15. The Balaban J connectivity index is 1.18. The van der Waals surface area contributed by atoms with Crippen molar-refractivity contribution in [3.63, 3.8) is 0 Å². The molecule has 6 rings (SSSR count). The number of anilines is 2. The van der Waals surface area contributed by atoms with E-state index >= 15 is 0 Å². The average molecular weight is 518 g/mol. The van der Waals surface area contributed by atoms with E-state index in [4.69, 9.17) is 5.26 Å². The summed E-state index contributed by atoms with van der Waals surface area (Å²) in [6, 6.07) is 13.9. The van der Waals surface area contributed by atoms with E-state index in [1.54, 1.807) is 6.07 Å². The minimum absolute atomic E-state index is 0.200. The van der Waals surface area contributed by atoms with Crippen molar-refractivity contribution in [2.24, 2.45) is 27.5 Å². The highest BCUT2D eigenvalue weighted by Crippen LogP contribution is 2.54. The van der Waals surface area contributed by atoms with Crippen LogP contribution in [0.15, 0.2) is 46.6 Å². The van der Waals surface area contributed by atoms with E-state index in [0.717, 1.165) is 54.4 Å². The van der Waals surface area contributed by atoms with Crippen LogP contribution in [0.25, 0.3) is 0 Å². The molecule has 9 heteroatoms. The lowest BCUT2D eigenvalue weighted by Crippen LogP contribution is -2.64. The molecule has 2 aliphatic carbocycles. The third kappa shape index (κ3) is 4.66. The number of hydrogen-bond donors (Lipinski definition) is 0. The number of pyridine rings is 1. The summed E-state index contributed by atoms with van der Waals surface area (Å²) in [5.41, 5.74) is 3.84. The molecule has 38 heavy (non-hydrogen) atoms. The third-order valence-corrected chi connectivity index (χ3v) is 8.57. The first-order valence-electron chi connectivity index (χ1n) is 13.4. The number of aryl methyl sites for hydroxylation is 1. The Morgan fingerprint density at radius 1 is 1.21 bits per heavy atom. The molecule has 0 atom stereocenters. The molecule has 2 aliphatic heterocycles. The molecule has 1 aromatic carbocycles. The van der Waals surface area contributed by atoms with Crippen molar-refractivity contribution in [2.45, 2.75) is 45.1 Å². The van der Waals surface area contributed by atoms with Crippen LogP contribution < -0.4 is 9.80 Å². The molecule has 1 saturated heterocycles. The lowest BCUT2D eigenvalue weighted by molar-refractivity contribution is -0.0527. The second-order valence-electron chi connectivity index (χ2n) is 11.6. The Hall–Kier alpha value is -3.38. The van der Waals surface area contributed by atoms with E-state index < -0.39 is 11.8 Å². The van der Waals surface area contributed by atoms with E-state index in [9.17, 15) is 8.78 Å². The monoisotopic (exact) mass is 517 g/mol. The van der Waals surface area contributed by atoms with E-state index in [1.807, 2.05) is 24.0 Å². The van der Waals surface area contributed by atoms with Gasteiger partial charge in [0.1, 0.15) is 23.4 Å². The molecule has 0 unspecified atom stereocenters. The highest BCUT2D eigenvalue weighted by molar-refractivity contribution is 6.01. The Bertz CT molecular complexity index is 1300. The quantitative estimate of drug-likeness (QED) is 0.311. The summed E-state index contributed by atoms with van der Waals surface area (Å²) in [5, 5.41) is 17.6. The third-order valence-electron chi connectivity index (χ3n) is 8.57. The largest absolute Gasteiger partial charge is 0.355 e. The van der Waals surface area contributed by atoms with Crippen LogP contribution in [0.3, 0.4) is 0 Å². The zero-order valence-electron chi connectivity index (χ0n) is 21.8. The van der Waals surface area contributed by atoms with Crippen LogP contribution in [-0.4, -0.2) is 61.1 Å². The van der Waals surface area contributed by atoms with Crippen molar-refractivity contribution in [1.82, 2.24) is 9.88 Å². The summed E-state index contributed by atoms with van der Waals surface area (Å²) < 4.78 is 29.5. The van der Waals surface area contributed by atoms with Gasteiger partial charge in [0.15, 0.2) is 0 Å². The van der Waals surface area contributed by atoms with Crippen molar-refractivity contribution in [3.8, 4) is 6.07 Å². The van der Waals surface area contributed by atoms with Crippen LogP contribution in [0, 0.1) is 35.5 Å². The highest BCUT2D eigenvalue weighted by atomic mass is 19.3. The van der Waals surface area contributed by atoms with Gasteiger partial charge in [0.25, 0.3) is 5.92 Å². The Labute approximate surface area is 222 Å². The predicted molar refractivity (Wildman–Crippen MR) is 145 cm³/mol. The molecule has 198 valence electrons. The Kier molecular flexibility index (Phi) is 6.18. The Morgan fingerprint density at radius 2 is 2.00 bits per heavy atom. The molecule has 0 radical (unpaired) electrons. The molecule has 7 nitrogen and oxygen atoms in total. The number of halogens is 2. The maximum atomic E-state index is 14.8. The SMILES string of the molecule is C=N/N=C(/C1CC2(C1)CN(c1cccc(C#N)n1)C2)N1CCN(CC(F)(F)C2CC2)Cc2cc(C)ccc21. The van der Waals surface area contributed by atoms with Gasteiger partial charge in [-0.25, -0.2) is 13.8 Å². The number of nitrogens with zero attached hydrogens (tertiary/aromatic N) is 7. The Morgan fingerprint density at radius 3 is 2.71 bits per heavy atom. The van der Waals surface area contributed by atoms with Crippen LogP contribution in [0.2, 0.25) is 0 Å². The van der Waals surface area contributed by atoms with E-state index in [1.165, 1.54) is 0 Å². The number of rotatable bonds is 6. The zero-order chi connectivity index (χ0) is 26.5.